The zero-order chi connectivity index (χ0) is 22.1. The maximum Gasteiger partial charge on any atom is 0.331 e. The van der Waals surface area contributed by atoms with Crippen LogP contribution in [0.3, 0.4) is 0 Å². The summed E-state index contributed by atoms with van der Waals surface area (Å²) in [5.41, 5.74) is -0.212. The molecule has 1 atom stereocenters. The third kappa shape index (κ3) is 4.21. The highest BCUT2D eigenvalue weighted by atomic mass is 19.1. The first-order valence-electron chi connectivity index (χ1n) is 10.1. The number of amides is 1. The van der Waals surface area contributed by atoms with E-state index >= 15 is 0 Å². The molecule has 8 nitrogen and oxygen atoms in total. The molecule has 0 saturated carbocycles. The molecular formula is C22H23FN4O4. The molecule has 0 spiro atoms. The first-order chi connectivity index (χ1) is 14.8. The molecule has 3 heterocycles. The van der Waals surface area contributed by atoms with Crippen molar-refractivity contribution in [3.8, 4) is 0 Å². The van der Waals surface area contributed by atoms with Crippen LogP contribution in [-0.2, 0) is 20.5 Å². The maximum absolute atomic E-state index is 13.4. The number of hydrogen-bond donors (Lipinski definition) is 0. The first kappa shape index (κ1) is 20.8. The molecule has 162 valence electrons. The van der Waals surface area contributed by atoms with E-state index in [4.69, 9.17) is 4.42 Å². The molecule has 0 N–H and O–H groups in total. The molecule has 9 heteroatoms. The van der Waals surface area contributed by atoms with Gasteiger partial charge in [-0.05, 0) is 30.5 Å². The SMILES string of the molecule is Cn1c(C(=O)N2CCCC(c3ncc(Cc4cccc(F)c4)o3)C2)cc(=O)n(C)c1=O. The molecular weight excluding hydrogens is 403 g/mol. The van der Waals surface area contributed by atoms with Crippen molar-refractivity contribution in [2.45, 2.75) is 25.2 Å². The number of benzene rings is 1. The van der Waals surface area contributed by atoms with Crippen molar-refractivity contribution in [2.75, 3.05) is 13.1 Å². The van der Waals surface area contributed by atoms with Crippen LogP contribution >= 0.6 is 0 Å². The Morgan fingerprint density at radius 2 is 2.03 bits per heavy atom. The summed E-state index contributed by atoms with van der Waals surface area (Å²) in [6, 6.07) is 7.51. The zero-order valence-corrected chi connectivity index (χ0v) is 17.4. The van der Waals surface area contributed by atoms with Gasteiger partial charge < -0.3 is 9.32 Å². The van der Waals surface area contributed by atoms with Gasteiger partial charge >= 0.3 is 5.69 Å². The van der Waals surface area contributed by atoms with Crippen LogP contribution in [-0.4, -0.2) is 38.0 Å². The highest BCUT2D eigenvalue weighted by molar-refractivity contribution is 5.92. The minimum atomic E-state index is -0.542. The van der Waals surface area contributed by atoms with Crippen molar-refractivity contribution >= 4 is 5.91 Å². The molecule has 1 aromatic carbocycles. The molecule has 1 unspecified atom stereocenters. The quantitative estimate of drug-likeness (QED) is 0.635. The second-order valence-corrected chi connectivity index (χ2v) is 7.83. The van der Waals surface area contributed by atoms with E-state index in [-0.39, 0.29) is 23.3 Å². The number of carbonyl (C=O) groups is 1. The minimum Gasteiger partial charge on any atom is -0.445 e. The molecule has 0 bridgehead atoms. The lowest BCUT2D eigenvalue weighted by Crippen LogP contribution is -2.44. The molecule has 4 rings (SSSR count). The fourth-order valence-corrected chi connectivity index (χ4v) is 3.90. The van der Waals surface area contributed by atoms with E-state index in [2.05, 4.69) is 4.98 Å². The average molecular weight is 426 g/mol. The third-order valence-electron chi connectivity index (χ3n) is 5.64. The summed E-state index contributed by atoms with van der Waals surface area (Å²) < 4.78 is 21.4. The number of carbonyl (C=O) groups excluding carboxylic acids is 1. The molecule has 1 fully saturated rings. The van der Waals surface area contributed by atoms with Crippen LogP contribution in [0.2, 0.25) is 0 Å². The molecule has 2 aromatic heterocycles. The fourth-order valence-electron chi connectivity index (χ4n) is 3.90. The molecule has 1 saturated heterocycles. The van der Waals surface area contributed by atoms with Gasteiger partial charge in [0.1, 0.15) is 17.3 Å². The van der Waals surface area contributed by atoms with E-state index in [9.17, 15) is 18.8 Å². The number of rotatable bonds is 4. The van der Waals surface area contributed by atoms with Gasteiger partial charge in [-0.25, -0.2) is 14.2 Å². The summed E-state index contributed by atoms with van der Waals surface area (Å²) in [7, 11) is 2.85. The Bertz CT molecular complexity index is 1240. The maximum atomic E-state index is 13.4. The molecule has 1 aliphatic rings. The van der Waals surface area contributed by atoms with Crippen molar-refractivity contribution in [1.82, 2.24) is 19.0 Å². The zero-order valence-electron chi connectivity index (χ0n) is 17.4. The van der Waals surface area contributed by atoms with Gasteiger partial charge in [0.05, 0.1) is 12.1 Å². The Balaban J connectivity index is 1.51. The second kappa shape index (κ2) is 8.33. The highest BCUT2D eigenvalue weighted by Gasteiger charge is 2.29. The largest absolute Gasteiger partial charge is 0.445 e. The molecule has 3 aromatic rings. The Morgan fingerprint density at radius 1 is 1.23 bits per heavy atom. The standard InChI is InChI=1S/C22H23FN4O4/c1-25-18(11-19(28)26(2)22(25)30)21(29)27-8-4-6-15(13-27)20-24-12-17(31-20)10-14-5-3-7-16(23)9-14/h3,5,7,9,11-12,15H,4,6,8,10,13H2,1-2H3. The van der Waals surface area contributed by atoms with E-state index in [1.807, 2.05) is 6.07 Å². The van der Waals surface area contributed by atoms with Crippen molar-refractivity contribution in [1.29, 1.82) is 0 Å². The van der Waals surface area contributed by atoms with Crippen LogP contribution in [0.4, 0.5) is 4.39 Å². The van der Waals surface area contributed by atoms with Gasteiger partial charge in [0.15, 0.2) is 5.89 Å². The number of likely N-dealkylation sites (tertiary alicyclic amines) is 1. The minimum absolute atomic E-state index is 0.0629. The topological polar surface area (TPSA) is 90.3 Å². The smallest absolute Gasteiger partial charge is 0.331 e. The van der Waals surface area contributed by atoms with Gasteiger partial charge in [0, 0.05) is 39.7 Å². The Kier molecular flexibility index (Phi) is 5.58. The van der Waals surface area contributed by atoms with Gasteiger partial charge in [-0.15, -0.1) is 0 Å². The fraction of sp³-hybridized carbons (Fsp3) is 0.364. The number of aromatic nitrogens is 3. The summed E-state index contributed by atoms with van der Waals surface area (Å²) in [5, 5.41) is 0. The monoisotopic (exact) mass is 426 g/mol. The number of halogens is 1. The summed E-state index contributed by atoms with van der Waals surface area (Å²) >= 11 is 0. The van der Waals surface area contributed by atoms with E-state index in [0.717, 1.165) is 23.0 Å². The number of hydrogen-bond acceptors (Lipinski definition) is 5. The van der Waals surface area contributed by atoms with Crippen LogP contribution in [0.5, 0.6) is 0 Å². The number of nitrogens with zero attached hydrogens (tertiary/aromatic N) is 4. The predicted molar refractivity (Wildman–Crippen MR) is 111 cm³/mol. The van der Waals surface area contributed by atoms with E-state index < -0.39 is 11.2 Å². The van der Waals surface area contributed by atoms with E-state index in [1.54, 1.807) is 17.2 Å². The summed E-state index contributed by atoms with van der Waals surface area (Å²) in [4.78, 5) is 43.2. The molecule has 1 aliphatic heterocycles. The van der Waals surface area contributed by atoms with Crippen molar-refractivity contribution < 1.29 is 13.6 Å². The molecule has 0 radical (unpaired) electrons. The van der Waals surface area contributed by atoms with Crippen molar-refractivity contribution in [2.24, 2.45) is 14.1 Å². The lowest BCUT2D eigenvalue weighted by molar-refractivity contribution is 0.0685. The normalized spacial score (nSPS) is 16.5. The number of oxazole rings is 1. The highest BCUT2D eigenvalue weighted by Crippen LogP contribution is 2.28. The number of piperidine rings is 1. The second-order valence-electron chi connectivity index (χ2n) is 7.83. The van der Waals surface area contributed by atoms with Gasteiger partial charge in [-0.2, -0.15) is 0 Å². The van der Waals surface area contributed by atoms with Crippen molar-refractivity contribution in [3.05, 3.63) is 86.1 Å². The van der Waals surface area contributed by atoms with Crippen LogP contribution < -0.4 is 11.2 Å². The predicted octanol–water partition coefficient (Wildman–Crippen LogP) is 1.82. The van der Waals surface area contributed by atoms with Crippen LogP contribution in [0, 0.1) is 5.82 Å². The summed E-state index contributed by atoms with van der Waals surface area (Å²) in [6.45, 7) is 0.901. The molecule has 1 amide bonds. The van der Waals surface area contributed by atoms with Gasteiger partial charge in [0.2, 0.25) is 0 Å². The lowest BCUT2D eigenvalue weighted by Gasteiger charge is -2.31. The first-order valence-corrected chi connectivity index (χ1v) is 10.1. The van der Waals surface area contributed by atoms with Gasteiger partial charge in [-0.1, -0.05) is 12.1 Å². The Labute approximate surface area is 177 Å². The van der Waals surface area contributed by atoms with Crippen molar-refractivity contribution in [3.63, 3.8) is 0 Å². The lowest BCUT2D eigenvalue weighted by atomic mass is 9.97. The Hall–Kier alpha value is -3.49. The average Bonchev–Trinajstić information content (AvgIpc) is 3.23. The molecule has 0 aliphatic carbocycles. The summed E-state index contributed by atoms with van der Waals surface area (Å²) in [6.07, 6.45) is 3.61. The van der Waals surface area contributed by atoms with Crippen LogP contribution in [0.25, 0.3) is 0 Å². The van der Waals surface area contributed by atoms with Gasteiger partial charge in [0.25, 0.3) is 11.5 Å². The van der Waals surface area contributed by atoms with E-state index in [0.29, 0.717) is 31.2 Å². The van der Waals surface area contributed by atoms with E-state index in [1.165, 1.54) is 36.9 Å². The van der Waals surface area contributed by atoms with Crippen LogP contribution in [0.1, 0.15) is 46.5 Å². The van der Waals surface area contributed by atoms with Crippen LogP contribution in [0.15, 0.2) is 50.5 Å². The molecule has 31 heavy (non-hydrogen) atoms. The van der Waals surface area contributed by atoms with Gasteiger partial charge in [-0.3, -0.25) is 18.7 Å². The Morgan fingerprint density at radius 3 is 2.81 bits per heavy atom. The third-order valence-corrected chi connectivity index (χ3v) is 5.64. The summed E-state index contributed by atoms with van der Waals surface area (Å²) in [5.74, 6) is 0.389.